The predicted octanol–water partition coefficient (Wildman–Crippen LogP) is 5.31. The Kier molecular flexibility index (Phi) is 5.68. The van der Waals surface area contributed by atoms with E-state index in [1.54, 1.807) is 18.5 Å². The van der Waals surface area contributed by atoms with Gasteiger partial charge in [0.2, 0.25) is 0 Å². The molecular formula is C26H23Cl2N7. The van der Waals surface area contributed by atoms with Crippen molar-refractivity contribution in [2.75, 3.05) is 38.1 Å². The van der Waals surface area contributed by atoms with Crippen molar-refractivity contribution in [2.24, 2.45) is 0 Å². The van der Waals surface area contributed by atoms with Crippen LogP contribution in [0.25, 0.3) is 34.1 Å². The first kappa shape index (κ1) is 22.1. The Hall–Kier alpha value is -3.39. The van der Waals surface area contributed by atoms with Crippen molar-refractivity contribution in [3.63, 3.8) is 0 Å². The summed E-state index contributed by atoms with van der Waals surface area (Å²) < 4.78 is 3.98. The molecule has 176 valence electrons. The summed E-state index contributed by atoms with van der Waals surface area (Å²) in [6.07, 6.45) is 3.70. The van der Waals surface area contributed by atoms with E-state index in [1.807, 2.05) is 39.4 Å². The molecule has 0 spiro atoms. The number of halogens is 2. The number of likely N-dealkylation sites (N-methyl/N-ethyl adjacent to an activating group) is 1. The Labute approximate surface area is 213 Å². The molecule has 1 saturated heterocycles. The van der Waals surface area contributed by atoms with Crippen LogP contribution in [0.3, 0.4) is 0 Å². The van der Waals surface area contributed by atoms with Crippen molar-refractivity contribution in [1.29, 1.82) is 0 Å². The molecule has 0 N–H and O–H groups in total. The number of aromatic nitrogens is 5. The summed E-state index contributed by atoms with van der Waals surface area (Å²) in [5, 5.41) is 9.92. The maximum atomic E-state index is 6.59. The number of anilines is 1. The van der Waals surface area contributed by atoms with Gasteiger partial charge in [-0.3, -0.25) is 8.97 Å². The van der Waals surface area contributed by atoms with Gasteiger partial charge < -0.3 is 9.80 Å². The minimum absolute atomic E-state index is 0.571. The molecule has 35 heavy (non-hydrogen) atoms. The molecule has 0 amide bonds. The average Bonchev–Trinajstić information content (AvgIpc) is 3.50. The van der Waals surface area contributed by atoms with Gasteiger partial charge in [0.15, 0.2) is 5.82 Å². The van der Waals surface area contributed by atoms with Gasteiger partial charge in [0.1, 0.15) is 23.4 Å². The first-order chi connectivity index (χ1) is 17.1. The van der Waals surface area contributed by atoms with Crippen LogP contribution in [0.15, 0.2) is 73.2 Å². The zero-order valence-electron chi connectivity index (χ0n) is 19.1. The largest absolute Gasteiger partial charge is 0.369 e. The molecule has 1 aliphatic heterocycles. The Morgan fingerprint density at radius 2 is 1.63 bits per heavy atom. The lowest BCUT2D eigenvalue weighted by Gasteiger charge is -2.34. The first-order valence-corrected chi connectivity index (χ1v) is 12.2. The quantitative estimate of drug-likeness (QED) is 0.332. The third-order valence-corrected chi connectivity index (χ3v) is 7.03. The van der Waals surface area contributed by atoms with Crippen molar-refractivity contribution >= 4 is 34.5 Å². The molecule has 0 atom stereocenters. The van der Waals surface area contributed by atoms with E-state index in [0.29, 0.717) is 21.6 Å². The standard InChI is InChI=1S/C26H23Cl2N7/c1-32-12-14-33(15-13-32)19-6-8-20(9-7-19)35-17-29-31-26(35)25-24(21-16-18(27)5-10-22(21)28)30-23-4-2-3-11-34(23)25/h2-11,16-17H,12-15H2,1H3. The molecule has 4 heterocycles. The number of fused-ring (bicyclic) bond motifs is 1. The lowest BCUT2D eigenvalue weighted by molar-refractivity contribution is 0.313. The number of pyridine rings is 1. The molecule has 0 unspecified atom stereocenters. The molecule has 6 rings (SSSR count). The fourth-order valence-electron chi connectivity index (χ4n) is 4.55. The van der Waals surface area contributed by atoms with Crippen molar-refractivity contribution < 1.29 is 0 Å². The lowest BCUT2D eigenvalue weighted by atomic mass is 10.1. The van der Waals surface area contributed by atoms with E-state index in [1.165, 1.54) is 5.69 Å². The zero-order chi connectivity index (χ0) is 23.9. The van der Waals surface area contributed by atoms with Crippen LogP contribution >= 0.6 is 23.2 Å². The first-order valence-electron chi connectivity index (χ1n) is 11.5. The van der Waals surface area contributed by atoms with Gasteiger partial charge in [-0.05, 0) is 61.6 Å². The van der Waals surface area contributed by atoms with Gasteiger partial charge in [0.25, 0.3) is 0 Å². The minimum atomic E-state index is 0.571. The molecule has 5 aromatic rings. The second-order valence-corrected chi connectivity index (χ2v) is 9.54. The Balaban J connectivity index is 1.45. The lowest BCUT2D eigenvalue weighted by Crippen LogP contribution is -2.44. The third-order valence-electron chi connectivity index (χ3n) is 6.47. The minimum Gasteiger partial charge on any atom is -0.369 e. The molecule has 2 aromatic carbocycles. The third kappa shape index (κ3) is 4.05. The monoisotopic (exact) mass is 503 g/mol. The van der Waals surface area contributed by atoms with Gasteiger partial charge in [0, 0.05) is 54.3 Å². The zero-order valence-corrected chi connectivity index (χ0v) is 20.7. The van der Waals surface area contributed by atoms with Gasteiger partial charge >= 0.3 is 0 Å². The molecular weight excluding hydrogens is 481 g/mol. The van der Waals surface area contributed by atoms with E-state index in [2.05, 4.69) is 51.3 Å². The molecule has 0 saturated carbocycles. The highest BCUT2D eigenvalue weighted by molar-refractivity contribution is 6.35. The van der Waals surface area contributed by atoms with Crippen molar-refractivity contribution in [3.8, 4) is 28.5 Å². The fraction of sp³-hybridized carbons (Fsp3) is 0.192. The van der Waals surface area contributed by atoms with Crippen molar-refractivity contribution in [1.82, 2.24) is 29.0 Å². The maximum absolute atomic E-state index is 6.59. The smallest absolute Gasteiger partial charge is 0.187 e. The van der Waals surface area contributed by atoms with E-state index >= 15 is 0 Å². The van der Waals surface area contributed by atoms with Crippen LogP contribution in [-0.2, 0) is 0 Å². The summed E-state index contributed by atoms with van der Waals surface area (Å²) >= 11 is 12.9. The van der Waals surface area contributed by atoms with Gasteiger partial charge in [-0.15, -0.1) is 10.2 Å². The van der Waals surface area contributed by atoms with Crippen molar-refractivity contribution in [3.05, 3.63) is 83.2 Å². The van der Waals surface area contributed by atoms with E-state index in [4.69, 9.17) is 28.2 Å². The molecule has 0 aliphatic carbocycles. The number of hydrogen-bond acceptors (Lipinski definition) is 5. The molecule has 1 aliphatic rings. The van der Waals surface area contributed by atoms with Crippen LogP contribution in [0.2, 0.25) is 10.0 Å². The van der Waals surface area contributed by atoms with Crippen LogP contribution in [0.5, 0.6) is 0 Å². The molecule has 7 nitrogen and oxygen atoms in total. The molecule has 3 aromatic heterocycles. The Morgan fingerprint density at radius 3 is 2.43 bits per heavy atom. The highest BCUT2D eigenvalue weighted by Gasteiger charge is 2.23. The van der Waals surface area contributed by atoms with E-state index in [-0.39, 0.29) is 0 Å². The van der Waals surface area contributed by atoms with Crippen LogP contribution in [0, 0.1) is 0 Å². The predicted molar refractivity (Wildman–Crippen MR) is 141 cm³/mol. The van der Waals surface area contributed by atoms with Crippen LogP contribution in [0.4, 0.5) is 5.69 Å². The van der Waals surface area contributed by atoms with Crippen molar-refractivity contribution in [2.45, 2.75) is 0 Å². The van der Waals surface area contributed by atoms with Crippen LogP contribution < -0.4 is 4.90 Å². The van der Waals surface area contributed by atoms with Gasteiger partial charge in [0.05, 0.1) is 5.02 Å². The topological polar surface area (TPSA) is 54.5 Å². The Morgan fingerprint density at radius 1 is 0.857 bits per heavy atom. The highest BCUT2D eigenvalue weighted by Crippen LogP contribution is 2.37. The van der Waals surface area contributed by atoms with Crippen LogP contribution in [-0.4, -0.2) is 62.3 Å². The number of hydrogen-bond donors (Lipinski definition) is 0. The fourth-order valence-corrected chi connectivity index (χ4v) is 4.93. The molecule has 1 fully saturated rings. The number of benzene rings is 2. The van der Waals surface area contributed by atoms with Crippen LogP contribution in [0.1, 0.15) is 0 Å². The van der Waals surface area contributed by atoms with E-state index in [0.717, 1.165) is 48.8 Å². The maximum Gasteiger partial charge on any atom is 0.187 e. The summed E-state index contributed by atoms with van der Waals surface area (Å²) in [6, 6.07) is 19.8. The number of imidazole rings is 1. The average molecular weight is 504 g/mol. The second kappa shape index (κ2) is 9.00. The van der Waals surface area contributed by atoms with E-state index < -0.39 is 0 Å². The Bertz CT molecular complexity index is 1500. The summed E-state index contributed by atoms with van der Waals surface area (Å²) in [5.74, 6) is 0.669. The summed E-state index contributed by atoms with van der Waals surface area (Å²) in [6.45, 7) is 4.19. The second-order valence-electron chi connectivity index (χ2n) is 8.69. The summed E-state index contributed by atoms with van der Waals surface area (Å²) in [5.41, 5.74) is 5.22. The SMILES string of the molecule is CN1CCN(c2ccc(-n3cnnc3-c3c(-c4cc(Cl)ccc4Cl)nc4ccccn34)cc2)CC1. The number of rotatable bonds is 4. The highest BCUT2D eigenvalue weighted by atomic mass is 35.5. The van der Waals surface area contributed by atoms with E-state index in [9.17, 15) is 0 Å². The summed E-state index contributed by atoms with van der Waals surface area (Å²) in [4.78, 5) is 9.66. The van der Waals surface area contributed by atoms with Gasteiger partial charge in [-0.2, -0.15) is 0 Å². The molecule has 9 heteroatoms. The van der Waals surface area contributed by atoms with Gasteiger partial charge in [-0.1, -0.05) is 29.3 Å². The molecule has 0 radical (unpaired) electrons. The summed E-state index contributed by atoms with van der Waals surface area (Å²) in [7, 11) is 2.17. The van der Waals surface area contributed by atoms with Gasteiger partial charge in [-0.25, -0.2) is 4.98 Å². The normalized spacial score (nSPS) is 14.7. The molecule has 0 bridgehead atoms. The number of nitrogens with zero attached hydrogens (tertiary/aromatic N) is 7. The number of piperazine rings is 1.